The topological polar surface area (TPSA) is 12.0 Å². The SMILES string of the molecule is C#CCNC1CCCCC1.Cl. The Morgan fingerprint density at radius 2 is 1.91 bits per heavy atom. The van der Waals surface area contributed by atoms with Gasteiger partial charge in [0.15, 0.2) is 0 Å². The Labute approximate surface area is 75.4 Å². The van der Waals surface area contributed by atoms with Crippen molar-refractivity contribution in [1.29, 1.82) is 0 Å². The summed E-state index contributed by atoms with van der Waals surface area (Å²) < 4.78 is 0. The molecule has 1 fully saturated rings. The Balaban J connectivity index is 0.000001000. The van der Waals surface area contributed by atoms with Gasteiger partial charge < -0.3 is 5.32 Å². The maximum Gasteiger partial charge on any atom is 0.0575 e. The summed E-state index contributed by atoms with van der Waals surface area (Å²) >= 11 is 0. The summed E-state index contributed by atoms with van der Waals surface area (Å²) in [6.07, 6.45) is 11.9. The van der Waals surface area contributed by atoms with Crippen molar-refractivity contribution in [2.24, 2.45) is 0 Å². The molecule has 0 spiro atoms. The molecular formula is C9H16ClN. The summed E-state index contributed by atoms with van der Waals surface area (Å²) in [5, 5.41) is 3.34. The van der Waals surface area contributed by atoms with Gasteiger partial charge in [0.2, 0.25) is 0 Å². The second-order valence-corrected chi connectivity index (χ2v) is 2.92. The Morgan fingerprint density at radius 3 is 2.45 bits per heavy atom. The minimum atomic E-state index is 0. The highest BCUT2D eigenvalue weighted by Gasteiger charge is 2.10. The first kappa shape index (κ1) is 10.8. The van der Waals surface area contributed by atoms with Crippen LogP contribution in [-0.4, -0.2) is 12.6 Å². The lowest BCUT2D eigenvalue weighted by atomic mass is 9.96. The third-order valence-electron chi connectivity index (χ3n) is 2.10. The molecule has 0 aromatic rings. The van der Waals surface area contributed by atoms with Crippen molar-refractivity contribution in [3.05, 3.63) is 0 Å². The van der Waals surface area contributed by atoms with Crippen LogP contribution in [0.4, 0.5) is 0 Å². The summed E-state index contributed by atoms with van der Waals surface area (Å²) in [7, 11) is 0. The number of hydrogen-bond acceptors (Lipinski definition) is 1. The molecule has 1 N–H and O–H groups in total. The van der Waals surface area contributed by atoms with Crippen LogP contribution in [0.1, 0.15) is 32.1 Å². The van der Waals surface area contributed by atoms with E-state index in [0.717, 1.165) is 6.54 Å². The predicted octanol–water partition coefficient (Wildman–Crippen LogP) is 1.96. The molecule has 0 atom stereocenters. The largest absolute Gasteiger partial charge is 0.303 e. The number of terminal acetylenes is 1. The zero-order chi connectivity index (χ0) is 7.23. The van der Waals surface area contributed by atoms with Crippen LogP contribution in [0.15, 0.2) is 0 Å². The van der Waals surface area contributed by atoms with E-state index in [1.807, 2.05) is 0 Å². The van der Waals surface area contributed by atoms with Gasteiger partial charge in [-0.2, -0.15) is 0 Å². The summed E-state index contributed by atoms with van der Waals surface area (Å²) in [6.45, 7) is 0.741. The highest BCUT2D eigenvalue weighted by molar-refractivity contribution is 5.85. The van der Waals surface area contributed by atoms with Crippen LogP contribution >= 0.6 is 12.4 Å². The molecule has 1 aliphatic rings. The van der Waals surface area contributed by atoms with Gasteiger partial charge >= 0.3 is 0 Å². The lowest BCUT2D eigenvalue weighted by Crippen LogP contribution is -2.31. The van der Waals surface area contributed by atoms with Gasteiger partial charge in [-0.1, -0.05) is 25.2 Å². The minimum absolute atomic E-state index is 0. The average Bonchev–Trinajstić information content (AvgIpc) is 2.03. The summed E-state index contributed by atoms with van der Waals surface area (Å²) in [5.74, 6) is 2.60. The molecule has 0 aliphatic heterocycles. The monoisotopic (exact) mass is 173 g/mol. The molecule has 0 unspecified atom stereocenters. The molecular weight excluding hydrogens is 158 g/mol. The van der Waals surface area contributed by atoms with Crippen LogP contribution in [0.3, 0.4) is 0 Å². The molecule has 1 saturated carbocycles. The van der Waals surface area contributed by atoms with E-state index in [1.54, 1.807) is 0 Å². The van der Waals surface area contributed by atoms with Crippen LogP contribution in [-0.2, 0) is 0 Å². The molecule has 11 heavy (non-hydrogen) atoms. The molecule has 0 aromatic carbocycles. The van der Waals surface area contributed by atoms with Crippen molar-refractivity contribution in [3.8, 4) is 12.3 Å². The fraction of sp³-hybridized carbons (Fsp3) is 0.778. The van der Waals surface area contributed by atoms with E-state index in [-0.39, 0.29) is 12.4 Å². The smallest absolute Gasteiger partial charge is 0.0575 e. The maximum atomic E-state index is 5.13. The van der Waals surface area contributed by atoms with E-state index in [4.69, 9.17) is 6.42 Å². The van der Waals surface area contributed by atoms with Gasteiger partial charge in [-0.15, -0.1) is 18.8 Å². The van der Waals surface area contributed by atoms with E-state index in [1.165, 1.54) is 32.1 Å². The zero-order valence-electron chi connectivity index (χ0n) is 6.81. The number of rotatable bonds is 2. The normalized spacial score (nSPS) is 18.5. The van der Waals surface area contributed by atoms with Crippen molar-refractivity contribution in [2.45, 2.75) is 38.1 Å². The Bertz CT molecular complexity index is 122. The molecule has 2 heteroatoms. The standard InChI is InChI=1S/C9H15N.ClH/c1-2-8-10-9-6-4-3-5-7-9;/h1,9-10H,3-8H2;1H. The number of halogens is 1. The second-order valence-electron chi connectivity index (χ2n) is 2.92. The molecule has 0 saturated heterocycles. The molecule has 0 radical (unpaired) electrons. The van der Waals surface area contributed by atoms with E-state index >= 15 is 0 Å². The first-order valence-corrected chi connectivity index (χ1v) is 4.10. The number of nitrogens with one attached hydrogen (secondary N) is 1. The van der Waals surface area contributed by atoms with Crippen molar-refractivity contribution in [2.75, 3.05) is 6.54 Å². The molecule has 0 amide bonds. The second kappa shape index (κ2) is 6.52. The van der Waals surface area contributed by atoms with Crippen molar-refractivity contribution in [1.82, 2.24) is 5.32 Å². The van der Waals surface area contributed by atoms with Crippen molar-refractivity contribution in [3.63, 3.8) is 0 Å². The van der Waals surface area contributed by atoms with Gasteiger partial charge in [-0.3, -0.25) is 0 Å². The van der Waals surface area contributed by atoms with Crippen LogP contribution in [0.5, 0.6) is 0 Å². The Kier molecular flexibility index (Phi) is 6.40. The van der Waals surface area contributed by atoms with E-state index < -0.39 is 0 Å². The molecule has 0 aromatic heterocycles. The van der Waals surface area contributed by atoms with Gasteiger partial charge in [0.1, 0.15) is 0 Å². The van der Waals surface area contributed by atoms with Gasteiger partial charge in [0.05, 0.1) is 6.54 Å². The zero-order valence-corrected chi connectivity index (χ0v) is 7.62. The molecule has 1 nitrogen and oxygen atoms in total. The lowest BCUT2D eigenvalue weighted by Gasteiger charge is -2.21. The fourth-order valence-corrected chi connectivity index (χ4v) is 1.51. The highest BCUT2D eigenvalue weighted by Crippen LogP contribution is 2.16. The van der Waals surface area contributed by atoms with Gasteiger partial charge in [0.25, 0.3) is 0 Å². The van der Waals surface area contributed by atoms with Gasteiger partial charge in [-0.05, 0) is 12.8 Å². The van der Waals surface area contributed by atoms with Crippen LogP contribution in [0, 0.1) is 12.3 Å². The molecule has 0 bridgehead atoms. The quantitative estimate of drug-likeness (QED) is 0.630. The predicted molar refractivity (Wildman–Crippen MR) is 51.0 cm³/mol. The first-order valence-electron chi connectivity index (χ1n) is 4.10. The summed E-state index contributed by atoms with van der Waals surface area (Å²) in [6, 6.07) is 0.713. The first-order chi connectivity index (χ1) is 4.93. The van der Waals surface area contributed by atoms with Crippen LogP contribution in [0.2, 0.25) is 0 Å². The van der Waals surface area contributed by atoms with Crippen LogP contribution < -0.4 is 5.32 Å². The molecule has 64 valence electrons. The molecule has 1 aliphatic carbocycles. The van der Waals surface area contributed by atoms with E-state index in [2.05, 4.69) is 11.2 Å². The Morgan fingerprint density at radius 1 is 1.27 bits per heavy atom. The lowest BCUT2D eigenvalue weighted by molar-refractivity contribution is 0.386. The Hall–Kier alpha value is -0.190. The summed E-state index contributed by atoms with van der Waals surface area (Å²) in [5.41, 5.74) is 0. The molecule has 0 heterocycles. The van der Waals surface area contributed by atoms with Gasteiger partial charge in [-0.25, -0.2) is 0 Å². The van der Waals surface area contributed by atoms with Crippen molar-refractivity contribution < 1.29 is 0 Å². The highest BCUT2D eigenvalue weighted by atomic mass is 35.5. The van der Waals surface area contributed by atoms with E-state index in [0.29, 0.717) is 6.04 Å². The van der Waals surface area contributed by atoms with Crippen molar-refractivity contribution >= 4 is 12.4 Å². The van der Waals surface area contributed by atoms with Gasteiger partial charge in [0, 0.05) is 6.04 Å². The van der Waals surface area contributed by atoms with E-state index in [9.17, 15) is 0 Å². The van der Waals surface area contributed by atoms with Crippen LogP contribution in [0.25, 0.3) is 0 Å². The average molecular weight is 174 g/mol. The fourth-order valence-electron chi connectivity index (χ4n) is 1.51. The number of hydrogen-bond donors (Lipinski definition) is 1. The third-order valence-corrected chi connectivity index (χ3v) is 2.10. The summed E-state index contributed by atoms with van der Waals surface area (Å²) in [4.78, 5) is 0. The molecule has 1 rings (SSSR count). The maximum absolute atomic E-state index is 5.13. The third kappa shape index (κ3) is 4.29. The minimum Gasteiger partial charge on any atom is -0.303 e.